The second-order valence-electron chi connectivity index (χ2n) is 13.1. The second-order valence-corrected chi connectivity index (χ2v) is 13.5. The van der Waals surface area contributed by atoms with E-state index >= 15 is 0 Å². The Balaban J connectivity index is 1.11. The third-order valence-electron chi connectivity index (χ3n) is 9.51. The highest BCUT2D eigenvalue weighted by atomic mass is 35.5. The van der Waals surface area contributed by atoms with E-state index in [4.69, 9.17) is 32.1 Å². The summed E-state index contributed by atoms with van der Waals surface area (Å²) in [5, 5.41) is 40.5. The molecule has 0 saturated carbocycles. The molecule has 1 fully saturated rings. The maximum Gasteiger partial charge on any atom is 0.246 e. The molecule has 1 saturated heterocycles. The Morgan fingerprint density at radius 3 is 2.45 bits per heavy atom. The van der Waals surface area contributed by atoms with Crippen molar-refractivity contribution in [2.24, 2.45) is 4.99 Å². The maximum atomic E-state index is 13.5. The highest BCUT2D eigenvalue weighted by molar-refractivity contribution is 6.31. The van der Waals surface area contributed by atoms with E-state index in [-0.39, 0.29) is 47.3 Å². The number of piperidine rings is 1. The molecule has 2 heterocycles. The van der Waals surface area contributed by atoms with Crippen molar-refractivity contribution in [2.45, 2.75) is 44.7 Å². The number of fused-ring (bicyclic) bond motifs is 1. The average molecular weight is 733 g/mol. The number of benzodiazepines with no additional fused rings is 1. The summed E-state index contributed by atoms with van der Waals surface area (Å²) in [7, 11) is 1.57. The lowest BCUT2D eigenvalue weighted by molar-refractivity contribution is -0.127. The highest BCUT2D eigenvalue weighted by Crippen LogP contribution is 2.34. The van der Waals surface area contributed by atoms with Crippen molar-refractivity contribution < 1.29 is 24.5 Å². The van der Waals surface area contributed by atoms with Crippen LogP contribution in [0.1, 0.15) is 59.9 Å². The first-order chi connectivity index (χ1) is 25.5. The van der Waals surface area contributed by atoms with Crippen LogP contribution in [-0.2, 0) is 16.1 Å². The fourth-order valence-electron chi connectivity index (χ4n) is 6.69. The number of ether oxygens (including phenoxy) is 1. The Morgan fingerprint density at radius 1 is 1.00 bits per heavy atom. The van der Waals surface area contributed by atoms with Crippen LogP contribution in [0.15, 0.2) is 96.0 Å². The molecule has 0 aliphatic carbocycles. The molecule has 2 amide bonds. The van der Waals surface area contributed by atoms with Crippen LogP contribution in [0, 0.1) is 10.8 Å². The number of carbonyl (C=O) groups is 2. The van der Waals surface area contributed by atoms with Crippen LogP contribution >= 0.6 is 11.6 Å². The molecule has 53 heavy (non-hydrogen) atoms. The first-order valence-electron chi connectivity index (χ1n) is 17.3. The van der Waals surface area contributed by atoms with Gasteiger partial charge in [-0.05, 0) is 90.9 Å². The summed E-state index contributed by atoms with van der Waals surface area (Å²) < 4.78 is 5.51. The molecule has 0 unspecified atom stereocenters. The molecule has 12 heteroatoms. The topological polar surface area (TPSA) is 162 Å². The van der Waals surface area contributed by atoms with E-state index in [1.807, 2.05) is 30.3 Å². The van der Waals surface area contributed by atoms with E-state index in [0.717, 1.165) is 29.5 Å². The molecule has 4 aromatic carbocycles. The number of phenols is 2. The number of halogens is 1. The number of hydrogen-bond donors (Lipinski definition) is 5. The fourth-order valence-corrected chi connectivity index (χ4v) is 6.82. The minimum Gasteiger partial charge on any atom is -0.504 e. The smallest absolute Gasteiger partial charge is 0.246 e. The van der Waals surface area contributed by atoms with Gasteiger partial charge in [-0.2, -0.15) is 0 Å². The summed E-state index contributed by atoms with van der Waals surface area (Å²) in [6.45, 7) is 3.10. The van der Waals surface area contributed by atoms with Crippen molar-refractivity contribution in [1.29, 1.82) is 10.8 Å². The molecule has 0 bridgehead atoms. The van der Waals surface area contributed by atoms with E-state index in [0.29, 0.717) is 52.9 Å². The monoisotopic (exact) mass is 732 g/mol. The number of nitrogens with one attached hydrogen (secondary N) is 3. The number of likely N-dealkylation sites (tertiary alicyclic amines) is 1. The zero-order valence-corrected chi connectivity index (χ0v) is 30.2. The number of aliphatic imine (C=N–C) groups is 1. The van der Waals surface area contributed by atoms with Crippen molar-refractivity contribution in [3.8, 4) is 17.2 Å². The number of methoxy groups -OCH3 is 1. The van der Waals surface area contributed by atoms with Crippen LogP contribution in [0.25, 0.3) is 6.08 Å². The number of carbonyl (C=O) groups excluding carboxylic acids is 2. The van der Waals surface area contributed by atoms with E-state index in [2.05, 4.69) is 17.4 Å². The van der Waals surface area contributed by atoms with Crippen LogP contribution in [-0.4, -0.2) is 70.6 Å². The van der Waals surface area contributed by atoms with Gasteiger partial charge in [0.05, 0.1) is 24.9 Å². The molecule has 2 aliphatic heterocycles. The van der Waals surface area contributed by atoms with Gasteiger partial charge in [0.2, 0.25) is 11.8 Å². The third-order valence-corrected chi connectivity index (χ3v) is 9.76. The Kier molecular flexibility index (Phi) is 11.2. The van der Waals surface area contributed by atoms with Gasteiger partial charge in [0.1, 0.15) is 23.5 Å². The summed E-state index contributed by atoms with van der Waals surface area (Å²) >= 11 is 6.20. The standard InChI is InChI=1S/C41H41ClN6O5/c1-25(43)48-35-13-12-32(53-2)22-33(35)40(29-8-10-31(42)11-9-29)46-34(41(48)44)23-38(51)45-24-27-4-3-5-30(20-27)28-16-18-47(19-17-28)39(52)15-7-26-6-14-36(49)37(50)21-26/h3-15,20-22,28,34,43-44,49-50H,16-19,23-24H2,1-2H3,(H,45,51)/b15-7-,43-25?,44-41?/t34-/m0/s1. The van der Waals surface area contributed by atoms with Gasteiger partial charge in [-0.25, -0.2) is 0 Å². The normalized spacial score (nSPS) is 16.2. The summed E-state index contributed by atoms with van der Waals surface area (Å²) in [6.07, 6.45) is 4.60. The molecular formula is C41H41ClN6O5. The van der Waals surface area contributed by atoms with Crippen LogP contribution in [0.3, 0.4) is 0 Å². The quantitative estimate of drug-likeness (QED) is 0.0545. The summed E-state index contributed by atoms with van der Waals surface area (Å²) in [5.41, 5.74) is 5.29. The second kappa shape index (κ2) is 16.2. The average Bonchev–Trinajstić information content (AvgIpc) is 3.28. The SMILES string of the molecule is COc1ccc2c(c1)C(c1ccc(Cl)cc1)=N[C@@H](CC(=O)NCc1cccc(C3CCN(C(=O)/C=C\c4ccc(O)c(O)c4)CC3)c1)C(=N)N2C(C)=N. The predicted molar refractivity (Wildman–Crippen MR) is 208 cm³/mol. The van der Waals surface area contributed by atoms with Crippen molar-refractivity contribution in [1.82, 2.24) is 10.2 Å². The van der Waals surface area contributed by atoms with Gasteiger partial charge in [0, 0.05) is 41.9 Å². The number of aromatic hydroxyl groups is 2. The molecule has 6 rings (SSSR count). The number of hydrogen-bond acceptors (Lipinski definition) is 8. The van der Waals surface area contributed by atoms with Crippen molar-refractivity contribution >= 4 is 52.6 Å². The van der Waals surface area contributed by atoms with E-state index in [9.17, 15) is 19.8 Å². The Morgan fingerprint density at radius 2 is 1.75 bits per heavy atom. The number of amides is 2. The Bertz CT molecular complexity index is 2110. The van der Waals surface area contributed by atoms with Crippen molar-refractivity contribution in [3.05, 3.63) is 124 Å². The molecule has 4 aromatic rings. The van der Waals surface area contributed by atoms with Crippen LogP contribution in [0.5, 0.6) is 17.2 Å². The van der Waals surface area contributed by atoms with Crippen LogP contribution in [0.4, 0.5) is 5.69 Å². The number of amidine groups is 2. The van der Waals surface area contributed by atoms with E-state index < -0.39 is 6.04 Å². The zero-order valence-electron chi connectivity index (χ0n) is 29.5. The first-order valence-corrected chi connectivity index (χ1v) is 17.7. The largest absolute Gasteiger partial charge is 0.504 e. The molecule has 11 nitrogen and oxygen atoms in total. The molecule has 1 atom stereocenters. The van der Waals surface area contributed by atoms with Gasteiger partial charge in [0.25, 0.3) is 0 Å². The minimum absolute atomic E-state index is 0.0185. The van der Waals surface area contributed by atoms with Gasteiger partial charge in [0.15, 0.2) is 11.5 Å². The summed E-state index contributed by atoms with van der Waals surface area (Å²) in [6, 6.07) is 24.3. The van der Waals surface area contributed by atoms with Crippen molar-refractivity contribution in [3.63, 3.8) is 0 Å². The molecule has 0 aromatic heterocycles. The molecule has 272 valence electrons. The number of phenolic OH excluding ortho intramolecular Hbond substituents is 2. The third kappa shape index (κ3) is 8.58. The van der Waals surface area contributed by atoms with Gasteiger partial charge < -0.3 is 25.2 Å². The fraction of sp³-hybridized carbons (Fsp3) is 0.244. The zero-order chi connectivity index (χ0) is 37.6. The molecule has 5 N–H and O–H groups in total. The maximum absolute atomic E-state index is 13.5. The minimum atomic E-state index is -0.873. The molecule has 2 aliphatic rings. The lowest BCUT2D eigenvalue weighted by Crippen LogP contribution is -2.42. The molecular weight excluding hydrogens is 692 g/mol. The predicted octanol–water partition coefficient (Wildman–Crippen LogP) is 6.89. The van der Waals surface area contributed by atoms with E-state index in [1.54, 1.807) is 55.3 Å². The Hall–Kier alpha value is -5.94. The van der Waals surface area contributed by atoms with Gasteiger partial charge in [-0.3, -0.25) is 30.3 Å². The summed E-state index contributed by atoms with van der Waals surface area (Å²) in [4.78, 5) is 34.6. The van der Waals surface area contributed by atoms with E-state index in [1.165, 1.54) is 23.1 Å². The lowest BCUT2D eigenvalue weighted by atomic mass is 9.88. The van der Waals surface area contributed by atoms with Gasteiger partial charge >= 0.3 is 0 Å². The highest BCUT2D eigenvalue weighted by Gasteiger charge is 2.32. The number of anilines is 1. The van der Waals surface area contributed by atoms with Crippen LogP contribution in [0.2, 0.25) is 5.02 Å². The Labute approximate surface area is 313 Å². The van der Waals surface area contributed by atoms with Gasteiger partial charge in [-0.1, -0.05) is 54.1 Å². The molecule has 0 radical (unpaired) electrons. The van der Waals surface area contributed by atoms with Gasteiger partial charge in [-0.15, -0.1) is 0 Å². The number of rotatable bonds is 9. The lowest BCUT2D eigenvalue weighted by Gasteiger charge is -2.31. The first kappa shape index (κ1) is 36.8. The van der Waals surface area contributed by atoms with Crippen molar-refractivity contribution in [2.75, 3.05) is 25.1 Å². The number of nitrogens with zero attached hydrogens (tertiary/aromatic N) is 3. The van der Waals surface area contributed by atoms with Crippen LogP contribution < -0.4 is 15.0 Å². The summed E-state index contributed by atoms with van der Waals surface area (Å²) in [5.74, 6) is 0.160. The number of benzene rings is 4. The molecule has 0 spiro atoms.